The Hall–Kier alpha value is -2.57. The monoisotopic (exact) mass is 504 g/mol. The number of likely N-dealkylation sites (tertiary alicyclic amines) is 1. The molecule has 0 bridgehead atoms. The zero-order chi connectivity index (χ0) is 25.0. The lowest BCUT2D eigenvalue weighted by Crippen LogP contribution is -2.55. The molecule has 8 heteroatoms. The fourth-order valence-corrected chi connectivity index (χ4v) is 4.77. The molecule has 1 heterocycles. The number of amides is 2. The van der Waals surface area contributed by atoms with Crippen molar-refractivity contribution in [2.45, 2.75) is 51.6 Å². The number of halogens is 2. The first-order valence-electron chi connectivity index (χ1n) is 11.4. The van der Waals surface area contributed by atoms with Crippen molar-refractivity contribution in [3.63, 3.8) is 0 Å². The van der Waals surface area contributed by atoms with Gasteiger partial charge in [0.1, 0.15) is 6.04 Å². The number of rotatable bonds is 6. The van der Waals surface area contributed by atoms with Gasteiger partial charge in [-0.2, -0.15) is 0 Å². The summed E-state index contributed by atoms with van der Waals surface area (Å²) in [5.74, 6) is -0.946. The summed E-state index contributed by atoms with van der Waals surface area (Å²) in [6.07, 6.45) is 1.68. The van der Waals surface area contributed by atoms with E-state index in [2.05, 4.69) is 5.32 Å². The topological polar surface area (TPSA) is 75.7 Å². The summed E-state index contributed by atoms with van der Waals surface area (Å²) >= 11 is 12.1. The number of carbonyl (C=O) groups is 3. The van der Waals surface area contributed by atoms with Crippen LogP contribution in [0.2, 0.25) is 10.0 Å². The first-order valence-corrected chi connectivity index (χ1v) is 12.1. The van der Waals surface area contributed by atoms with Crippen LogP contribution in [0.25, 0.3) is 0 Å². The van der Waals surface area contributed by atoms with E-state index in [0.29, 0.717) is 17.5 Å². The van der Waals surface area contributed by atoms with Gasteiger partial charge in [-0.15, -0.1) is 0 Å². The van der Waals surface area contributed by atoms with Gasteiger partial charge in [-0.05, 0) is 67.5 Å². The number of hydrogen-bond donors (Lipinski definition) is 1. The maximum absolute atomic E-state index is 13.5. The first-order chi connectivity index (χ1) is 16.1. The predicted molar refractivity (Wildman–Crippen MR) is 133 cm³/mol. The normalized spacial score (nSPS) is 19.0. The van der Waals surface area contributed by atoms with Crippen molar-refractivity contribution < 1.29 is 19.1 Å². The van der Waals surface area contributed by atoms with E-state index in [1.165, 1.54) is 30.9 Å². The quantitative estimate of drug-likeness (QED) is 0.539. The third-order valence-electron chi connectivity index (χ3n) is 6.30. The minimum atomic E-state index is -0.706. The summed E-state index contributed by atoms with van der Waals surface area (Å²) in [6, 6.07) is 11.5. The number of hydrogen-bond acceptors (Lipinski definition) is 4. The summed E-state index contributed by atoms with van der Waals surface area (Å²) in [4.78, 5) is 40.2. The maximum Gasteiger partial charge on any atom is 0.337 e. The summed E-state index contributed by atoms with van der Waals surface area (Å²) in [5, 5.41) is 3.80. The van der Waals surface area contributed by atoms with Crippen molar-refractivity contribution in [1.29, 1.82) is 0 Å². The Morgan fingerprint density at radius 1 is 1.03 bits per heavy atom. The average Bonchev–Trinajstić information content (AvgIpc) is 2.81. The highest BCUT2D eigenvalue weighted by atomic mass is 35.5. The largest absolute Gasteiger partial charge is 0.465 e. The van der Waals surface area contributed by atoms with E-state index in [1.54, 1.807) is 0 Å². The van der Waals surface area contributed by atoms with E-state index in [4.69, 9.17) is 27.9 Å². The Kier molecular flexibility index (Phi) is 8.61. The number of piperidine rings is 1. The van der Waals surface area contributed by atoms with Crippen LogP contribution in [0.4, 0.5) is 0 Å². The fraction of sp³-hybridized carbons (Fsp3) is 0.423. The molecule has 182 valence electrons. The summed E-state index contributed by atoms with van der Waals surface area (Å²) < 4.78 is 4.72. The van der Waals surface area contributed by atoms with Crippen LogP contribution in [-0.2, 0) is 9.53 Å². The van der Waals surface area contributed by atoms with Crippen molar-refractivity contribution in [2.75, 3.05) is 13.7 Å². The SMILES string of the molecule is COC(=O)c1cc(Cl)cc(C(=O)N[C@@H](C(=O)N2CCC(c3ccc(Cl)cc3)CC2C)C(C)C)c1. The summed E-state index contributed by atoms with van der Waals surface area (Å²) in [6.45, 7) is 6.44. The number of ether oxygens (including phenoxy) is 1. The zero-order valence-electron chi connectivity index (χ0n) is 19.8. The molecule has 1 N–H and O–H groups in total. The van der Waals surface area contributed by atoms with Crippen LogP contribution in [0.1, 0.15) is 65.8 Å². The van der Waals surface area contributed by atoms with Crippen molar-refractivity contribution in [1.82, 2.24) is 10.2 Å². The lowest BCUT2D eigenvalue weighted by molar-refractivity contribution is -0.137. The fourth-order valence-electron chi connectivity index (χ4n) is 4.41. The Morgan fingerprint density at radius 3 is 2.26 bits per heavy atom. The van der Waals surface area contributed by atoms with E-state index >= 15 is 0 Å². The molecule has 1 aliphatic rings. The average molecular weight is 505 g/mol. The zero-order valence-corrected chi connectivity index (χ0v) is 21.3. The van der Waals surface area contributed by atoms with Gasteiger partial charge in [0.2, 0.25) is 5.91 Å². The van der Waals surface area contributed by atoms with Crippen LogP contribution < -0.4 is 5.32 Å². The molecule has 1 aliphatic heterocycles. The van der Waals surface area contributed by atoms with Crippen LogP contribution in [0.5, 0.6) is 0 Å². The van der Waals surface area contributed by atoms with Gasteiger partial charge in [0, 0.05) is 28.2 Å². The summed E-state index contributed by atoms with van der Waals surface area (Å²) in [7, 11) is 1.26. The molecule has 0 radical (unpaired) electrons. The molecule has 6 nitrogen and oxygen atoms in total. The van der Waals surface area contributed by atoms with E-state index in [0.717, 1.165) is 12.8 Å². The second-order valence-electron chi connectivity index (χ2n) is 9.07. The number of esters is 1. The Bertz CT molecular complexity index is 1060. The molecule has 34 heavy (non-hydrogen) atoms. The Morgan fingerprint density at radius 2 is 1.68 bits per heavy atom. The first kappa shape index (κ1) is 26.0. The number of methoxy groups -OCH3 is 1. The molecule has 3 atom stereocenters. The standard InChI is InChI=1S/C26H30Cl2N2O4/c1-15(2)23(29-24(31)19-12-20(26(33)34-4)14-22(28)13-19)25(32)30-10-9-18(11-16(30)3)17-5-7-21(27)8-6-17/h5-8,12-16,18,23H,9-11H2,1-4H3,(H,29,31)/t16?,18?,23-/m1/s1. The molecule has 0 aromatic heterocycles. The van der Waals surface area contributed by atoms with Crippen molar-refractivity contribution >= 4 is 41.0 Å². The smallest absolute Gasteiger partial charge is 0.337 e. The van der Waals surface area contributed by atoms with E-state index in [9.17, 15) is 14.4 Å². The number of nitrogens with one attached hydrogen (secondary N) is 1. The molecular formula is C26H30Cl2N2O4. The van der Waals surface area contributed by atoms with Gasteiger partial charge < -0.3 is 15.0 Å². The van der Waals surface area contributed by atoms with E-state index in [1.807, 2.05) is 49.9 Å². The Labute approximate surface area is 210 Å². The Balaban J connectivity index is 1.72. The highest BCUT2D eigenvalue weighted by Gasteiger charge is 2.35. The maximum atomic E-state index is 13.5. The molecule has 0 saturated carbocycles. The second-order valence-corrected chi connectivity index (χ2v) is 9.94. The lowest BCUT2D eigenvalue weighted by atomic mass is 9.85. The molecule has 2 amide bonds. The highest BCUT2D eigenvalue weighted by Crippen LogP contribution is 2.32. The van der Waals surface area contributed by atoms with Crippen LogP contribution in [0, 0.1) is 5.92 Å². The van der Waals surface area contributed by atoms with Gasteiger partial charge in [-0.1, -0.05) is 49.2 Å². The number of nitrogens with zero attached hydrogens (tertiary/aromatic N) is 1. The van der Waals surface area contributed by atoms with Crippen molar-refractivity contribution in [3.8, 4) is 0 Å². The molecule has 2 aromatic carbocycles. The van der Waals surface area contributed by atoms with Gasteiger partial charge in [-0.25, -0.2) is 4.79 Å². The lowest BCUT2D eigenvalue weighted by Gasteiger charge is -2.40. The molecular weight excluding hydrogens is 475 g/mol. The summed E-state index contributed by atoms with van der Waals surface area (Å²) in [5.41, 5.74) is 1.59. The number of carbonyl (C=O) groups excluding carboxylic acids is 3. The van der Waals surface area contributed by atoms with Gasteiger partial charge >= 0.3 is 5.97 Å². The minimum absolute atomic E-state index is 0.0252. The molecule has 0 aliphatic carbocycles. The van der Waals surface area contributed by atoms with Crippen LogP contribution >= 0.6 is 23.2 Å². The van der Waals surface area contributed by atoms with Gasteiger partial charge in [0.15, 0.2) is 0 Å². The molecule has 1 fully saturated rings. The number of benzene rings is 2. The van der Waals surface area contributed by atoms with E-state index < -0.39 is 17.9 Å². The third-order valence-corrected chi connectivity index (χ3v) is 6.77. The molecule has 3 rings (SSSR count). The van der Waals surface area contributed by atoms with Gasteiger partial charge in [0.05, 0.1) is 12.7 Å². The van der Waals surface area contributed by atoms with Gasteiger partial charge in [0.25, 0.3) is 5.91 Å². The molecule has 0 spiro atoms. The second kappa shape index (κ2) is 11.2. The molecule has 2 aromatic rings. The minimum Gasteiger partial charge on any atom is -0.465 e. The van der Waals surface area contributed by atoms with Crippen LogP contribution in [-0.4, -0.2) is 48.4 Å². The predicted octanol–water partition coefficient (Wildman–Crippen LogP) is 5.33. The van der Waals surface area contributed by atoms with E-state index in [-0.39, 0.29) is 34.0 Å². The molecule has 1 saturated heterocycles. The third kappa shape index (κ3) is 6.10. The van der Waals surface area contributed by atoms with Crippen molar-refractivity contribution in [3.05, 3.63) is 69.2 Å². The van der Waals surface area contributed by atoms with Crippen LogP contribution in [0.3, 0.4) is 0 Å². The molecule has 2 unspecified atom stereocenters. The van der Waals surface area contributed by atoms with Gasteiger partial charge in [-0.3, -0.25) is 9.59 Å². The van der Waals surface area contributed by atoms with Crippen LogP contribution in [0.15, 0.2) is 42.5 Å². The highest BCUT2D eigenvalue weighted by molar-refractivity contribution is 6.31. The van der Waals surface area contributed by atoms with Crippen molar-refractivity contribution in [2.24, 2.45) is 5.92 Å².